The Kier molecular flexibility index (Phi) is 1.30. The van der Waals surface area contributed by atoms with E-state index >= 15 is 0 Å². The summed E-state index contributed by atoms with van der Waals surface area (Å²) in [5.41, 5.74) is 7.63. The lowest BCUT2D eigenvalue weighted by Gasteiger charge is -1.99. The Balaban J connectivity index is 2.68. The highest BCUT2D eigenvalue weighted by Gasteiger charge is 2.24. The summed E-state index contributed by atoms with van der Waals surface area (Å²) in [5.74, 6) is -0.0949. The number of fused-ring (bicyclic) bond motifs is 1. The number of nitrogen functional groups attached to an aromatic ring is 1. The van der Waals surface area contributed by atoms with Gasteiger partial charge in [-0.15, -0.1) is 0 Å². The first-order valence-corrected chi connectivity index (χ1v) is 3.61. The Hall–Kier alpha value is -1.58. The summed E-state index contributed by atoms with van der Waals surface area (Å²) >= 11 is 0. The Bertz CT molecular complexity index is 360. The molecule has 0 aliphatic carbocycles. The molecule has 0 saturated carbocycles. The van der Waals surface area contributed by atoms with E-state index in [1.807, 2.05) is 13.0 Å². The van der Waals surface area contributed by atoms with Crippen LogP contribution in [0.2, 0.25) is 0 Å². The molecule has 1 aliphatic heterocycles. The van der Waals surface area contributed by atoms with E-state index in [1.54, 1.807) is 0 Å². The van der Waals surface area contributed by atoms with Gasteiger partial charge in [0.25, 0.3) is 0 Å². The number of anilines is 1. The lowest BCUT2D eigenvalue weighted by molar-refractivity contribution is 0.0535. The van der Waals surface area contributed by atoms with Crippen LogP contribution >= 0.6 is 0 Å². The summed E-state index contributed by atoms with van der Waals surface area (Å²) in [7, 11) is 0. The quantitative estimate of drug-likeness (QED) is 0.571. The third-order valence-corrected chi connectivity index (χ3v) is 1.82. The highest BCUT2D eigenvalue weighted by atomic mass is 16.5. The zero-order valence-electron chi connectivity index (χ0n) is 6.63. The van der Waals surface area contributed by atoms with Crippen LogP contribution in [0.15, 0.2) is 6.07 Å². The van der Waals surface area contributed by atoms with Gasteiger partial charge in [0, 0.05) is 11.3 Å². The molecule has 0 saturated heterocycles. The minimum absolute atomic E-state index is 0.271. The summed E-state index contributed by atoms with van der Waals surface area (Å²) in [6.07, 6.45) is 0. The van der Waals surface area contributed by atoms with E-state index in [2.05, 4.69) is 4.98 Å². The molecule has 2 N–H and O–H groups in total. The maximum absolute atomic E-state index is 11.1. The minimum atomic E-state index is -0.366. The summed E-state index contributed by atoms with van der Waals surface area (Å²) in [5, 5.41) is 0. The van der Waals surface area contributed by atoms with Gasteiger partial charge >= 0.3 is 5.97 Å². The number of aryl methyl sites for hydroxylation is 1. The molecule has 12 heavy (non-hydrogen) atoms. The molecule has 0 radical (unpaired) electrons. The molecule has 0 atom stereocenters. The second-order valence-corrected chi connectivity index (χ2v) is 2.76. The largest absolute Gasteiger partial charge is 0.457 e. The molecule has 1 aromatic rings. The summed E-state index contributed by atoms with van der Waals surface area (Å²) in [6.45, 7) is 2.15. The normalized spacial score (nSPS) is 14.2. The standard InChI is InChI=1S/C8H8N2O2/c1-4-2-5-3-12-8(11)6(5)7(9)10-4/h2H,3H2,1H3,(H2,9,10). The van der Waals surface area contributed by atoms with Gasteiger partial charge in [0.1, 0.15) is 18.0 Å². The van der Waals surface area contributed by atoms with Crippen LogP contribution in [0.3, 0.4) is 0 Å². The Labute approximate surface area is 69.4 Å². The van der Waals surface area contributed by atoms with Gasteiger partial charge < -0.3 is 10.5 Å². The van der Waals surface area contributed by atoms with Crippen LogP contribution in [-0.4, -0.2) is 11.0 Å². The molecule has 0 unspecified atom stereocenters. The monoisotopic (exact) mass is 164 g/mol. The second kappa shape index (κ2) is 2.20. The third-order valence-electron chi connectivity index (χ3n) is 1.82. The smallest absolute Gasteiger partial charge is 0.342 e. The molecule has 0 bridgehead atoms. The van der Waals surface area contributed by atoms with Crippen molar-refractivity contribution in [2.24, 2.45) is 0 Å². The summed E-state index contributed by atoms with van der Waals surface area (Å²) in [4.78, 5) is 15.0. The SMILES string of the molecule is Cc1cc2c(c(N)n1)C(=O)OC2. The molecule has 0 fully saturated rings. The van der Waals surface area contributed by atoms with Crippen molar-refractivity contribution in [1.29, 1.82) is 0 Å². The molecule has 2 rings (SSSR count). The first-order valence-electron chi connectivity index (χ1n) is 3.61. The molecular weight excluding hydrogens is 156 g/mol. The van der Waals surface area contributed by atoms with E-state index in [0.29, 0.717) is 12.2 Å². The average Bonchev–Trinajstić information content (AvgIpc) is 2.31. The molecule has 1 aliphatic rings. The maximum atomic E-state index is 11.1. The van der Waals surface area contributed by atoms with Crippen molar-refractivity contribution in [3.63, 3.8) is 0 Å². The van der Waals surface area contributed by atoms with Crippen LogP contribution in [-0.2, 0) is 11.3 Å². The topological polar surface area (TPSA) is 65.2 Å². The Morgan fingerprint density at radius 1 is 1.67 bits per heavy atom. The van der Waals surface area contributed by atoms with Crippen LogP contribution in [0.1, 0.15) is 21.6 Å². The van der Waals surface area contributed by atoms with Gasteiger partial charge in [-0.25, -0.2) is 9.78 Å². The maximum Gasteiger partial charge on any atom is 0.342 e. The number of nitrogens with zero attached hydrogens (tertiary/aromatic N) is 1. The Morgan fingerprint density at radius 2 is 2.42 bits per heavy atom. The fourth-order valence-electron chi connectivity index (χ4n) is 1.33. The van der Waals surface area contributed by atoms with Crippen LogP contribution in [0.25, 0.3) is 0 Å². The zero-order valence-corrected chi connectivity index (χ0v) is 6.63. The number of carbonyl (C=O) groups is 1. The number of aromatic nitrogens is 1. The van der Waals surface area contributed by atoms with Crippen LogP contribution in [0, 0.1) is 6.92 Å². The van der Waals surface area contributed by atoms with E-state index in [-0.39, 0.29) is 11.8 Å². The van der Waals surface area contributed by atoms with Crippen molar-refractivity contribution in [3.8, 4) is 0 Å². The van der Waals surface area contributed by atoms with Crippen molar-refractivity contribution in [2.75, 3.05) is 5.73 Å². The lowest BCUT2D eigenvalue weighted by atomic mass is 10.1. The fourth-order valence-corrected chi connectivity index (χ4v) is 1.33. The second-order valence-electron chi connectivity index (χ2n) is 2.76. The number of hydrogen-bond acceptors (Lipinski definition) is 4. The molecule has 0 amide bonds. The van der Waals surface area contributed by atoms with E-state index < -0.39 is 0 Å². The molecule has 0 spiro atoms. The van der Waals surface area contributed by atoms with Gasteiger partial charge in [0.15, 0.2) is 0 Å². The summed E-state index contributed by atoms with van der Waals surface area (Å²) in [6, 6.07) is 1.82. The van der Waals surface area contributed by atoms with Gasteiger partial charge in [-0.3, -0.25) is 0 Å². The molecule has 1 aromatic heterocycles. The van der Waals surface area contributed by atoms with Gasteiger partial charge in [-0.2, -0.15) is 0 Å². The van der Waals surface area contributed by atoms with E-state index in [4.69, 9.17) is 10.5 Å². The number of rotatable bonds is 0. The molecule has 4 nitrogen and oxygen atoms in total. The van der Waals surface area contributed by atoms with Crippen molar-refractivity contribution in [2.45, 2.75) is 13.5 Å². The van der Waals surface area contributed by atoms with Crippen molar-refractivity contribution >= 4 is 11.8 Å². The van der Waals surface area contributed by atoms with Crippen molar-refractivity contribution < 1.29 is 9.53 Å². The van der Waals surface area contributed by atoms with Crippen LogP contribution in [0.5, 0.6) is 0 Å². The number of esters is 1. The number of carbonyl (C=O) groups excluding carboxylic acids is 1. The Morgan fingerprint density at radius 3 is 3.17 bits per heavy atom. The van der Waals surface area contributed by atoms with Crippen LogP contribution in [0.4, 0.5) is 5.82 Å². The van der Waals surface area contributed by atoms with Gasteiger partial charge in [-0.1, -0.05) is 0 Å². The predicted octanol–water partition coefficient (Wildman–Crippen LogP) is 0.643. The molecule has 0 aromatic carbocycles. The first-order chi connectivity index (χ1) is 5.68. The molecule has 4 heteroatoms. The zero-order chi connectivity index (χ0) is 8.72. The molecule has 2 heterocycles. The van der Waals surface area contributed by atoms with Gasteiger partial charge in [0.05, 0.1) is 0 Å². The first kappa shape index (κ1) is 7.09. The number of hydrogen-bond donors (Lipinski definition) is 1. The third kappa shape index (κ3) is 0.845. The predicted molar refractivity (Wildman–Crippen MR) is 42.5 cm³/mol. The number of nitrogens with two attached hydrogens (primary N) is 1. The minimum Gasteiger partial charge on any atom is -0.457 e. The van der Waals surface area contributed by atoms with Gasteiger partial charge in [0.2, 0.25) is 0 Å². The number of ether oxygens (including phenoxy) is 1. The average molecular weight is 164 g/mol. The highest BCUT2D eigenvalue weighted by molar-refractivity contribution is 5.97. The van der Waals surface area contributed by atoms with E-state index in [0.717, 1.165) is 11.3 Å². The lowest BCUT2D eigenvalue weighted by Crippen LogP contribution is -2.03. The highest BCUT2D eigenvalue weighted by Crippen LogP contribution is 2.24. The van der Waals surface area contributed by atoms with Gasteiger partial charge in [-0.05, 0) is 13.0 Å². The van der Waals surface area contributed by atoms with Crippen molar-refractivity contribution in [1.82, 2.24) is 4.98 Å². The number of cyclic esters (lactones) is 1. The van der Waals surface area contributed by atoms with E-state index in [9.17, 15) is 4.79 Å². The fraction of sp³-hybridized carbons (Fsp3) is 0.250. The molecule has 62 valence electrons. The number of pyridine rings is 1. The van der Waals surface area contributed by atoms with Crippen LogP contribution < -0.4 is 5.73 Å². The summed E-state index contributed by atoms with van der Waals surface area (Å²) < 4.78 is 4.80. The van der Waals surface area contributed by atoms with E-state index in [1.165, 1.54) is 0 Å². The molecular formula is C8H8N2O2. The van der Waals surface area contributed by atoms with Crippen molar-refractivity contribution in [3.05, 3.63) is 22.9 Å².